The van der Waals surface area contributed by atoms with Gasteiger partial charge in [-0.3, -0.25) is 0 Å². The minimum Gasteiger partial charge on any atom is -0.494 e. The molecule has 2 rings (SSSR count). The zero-order chi connectivity index (χ0) is 8.93. The van der Waals surface area contributed by atoms with E-state index in [-0.39, 0.29) is 0 Å². The fourth-order valence-electron chi connectivity index (χ4n) is 1.44. The molecule has 1 N–H and O–H groups in total. The van der Waals surface area contributed by atoms with Crippen LogP contribution in [0.25, 0.3) is 0 Å². The van der Waals surface area contributed by atoms with Crippen LogP contribution in [0.3, 0.4) is 0 Å². The minimum atomic E-state index is 0.478. The van der Waals surface area contributed by atoms with Crippen molar-refractivity contribution in [1.29, 1.82) is 0 Å². The summed E-state index contributed by atoms with van der Waals surface area (Å²) in [6.07, 6.45) is 2.78. The van der Waals surface area contributed by atoms with Gasteiger partial charge in [-0.2, -0.15) is 0 Å². The molecule has 1 fully saturated rings. The average Bonchev–Trinajstić information content (AvgIpc) is 2.69. The first-order valence-electron chi connectivity index (χ1n) is 4.70. The Balaban J connectivity index is 1.68. The van der Waals surface area contributed by atoms with E-state index < -0.39 is 0 Å². The van der Waals surface area contributed by atoms with Crippen LogP contribution in [0.1, 0.15) is 6.42 Å². The van der Waals surface area contributed by atoms with Crippen LogP contribution in [-0.2, 0) is 14.2 Å². The summed E-state index contributed by atoms with van der Waals surface area (Å²) < 4.78 is 15.8. The van der Waals surface area contributed by atoms with Crippen LogP contribution >= 0.6 is 0 Å². The van der Waals surface area contributed by atoms with Gasteiger partial charge in [0.1, 0.15) is 25.2 Å². The normalized spacial score (nSPS) is 27.7. The third kappa shape index (κ3) is 2.60. The molecule has 0 amide bonds. The molecule has 0 aromatic heterocycles. The van der Waals surface area contributed by atoms with Gasteiger partial charge >= 0.3 is 0 Å². The molecular weight excluding hydrogens is 170 g/mol. The van der Waals surface area contributed by atoms with E-state index in [1.54, 1.807) is 6.26 Å². The molecule has 0 saturated carbocycles. The molecule has 13 heavy (non-hydrogen) atoms. The molecule has 2 heterocycles. The average molecular weight is 185 g/mol. The maximum Gasteiger partial charge on any atom is 0.144 e. The molecule has 4 nitrogen and oxygen atoms in total. The molecule has 4 heteroatoms. The molecule has 0 bridgehead atoms. The van der Waals surface area contributed by atoms with Crippen LogP contribution in [0.5, 0.6) is 0 Å². The van der Waals surface area contributed by atoms with E-state index in [1.165, 1.54) is 0 Å². The SMILES string of the molecule is C1=C(CNC2CCOC2)OCCO1. The first-order chi connectivity index (χ1) is 6.45. The van der Waals surface area contributed by atoms with E-state index in [0.717, 1.165) is 31.9 Å². The molecule has 1 atom stereocenters. The van der Waals surface area contributed by atoms with Crippen molar-refractivity contribution >= 4 is 0 Å². The molecule has 0 aliphatic carbocycles. The molecule has 1 unspecified atom stereocenters. The van der Waals surface area contributed by atoms with Crippen molar-refractivity contribution in [2.75, 3.05) is 33.0 Å². The van der Waals surface area contributed by atoms with Crippen LogP contribution in [0.4, 0.5) is 0 Å². The third-order valence-electron chi connectivity index (χ3n) is 2.20. The molecule has 0 radical (unpaired) electrons. The first-order valence-corrected chi connectivity index (χ1v) is 4.70. The van der Waals surface area contributed by atoms with Gasteiger partial charge in [-0.25, -0.2) is 0 Å². The molecule has 74 valence electrons. The van der Waals surface area contributed by atoms with Gasteiger partial charge in [0.15, 0.2) is 0 Å². The molecule has 0 spiro atoms. The highest BCUT2D eigenvalue weighted by Gasteiger charge is 2.15. The lowest BCUT2D eigenvalue weighted by Crippen LogP contribution is -2.32. The maximum absolute atomic E-state index is 5.37. The van der Waals surface area contributed by atoms with E-state index in [4.69, 9.17) is 14.2 Å². The summed E-state index contributed by atoms with van der Waals surface area (Å²) in [6, 6.07) is 0.478. The van der Waals surface area contributed by atoms with Crippen molar-refractivity contribution in [2.24, 2.45) is 0 Å². The Morgan fingerprint density at radius 1 is 1.38 bits per heavy atom. The number of hydrogen-bond donors (Lipinski definition) is 1. The van der Waals surface area contributed by atoms with Gasteiger partial charge in [0, 0.05) is 12.6 Å². The summed E-state index contributed by atoms with van der Waals surface area (Å²) in [7, 11) is 0. The van der Waals surface area contributed by atoms with Crippen LogP contribution in [0.15, 0.2) is 12.0 Å². The molecule has 0 aromatic carbocycles. The zero-order valence-corrected chi connectivity index (χ0v) is 7.62. The predicted molar refractivity (Wildman–Crippen MR) is 47.2 cm³/mol. The van der Waals surface area contributed by atoms with Gasteiger partial charge in [-0.05, 0) is 6.42 Å². The summed E-state index contributed by atoms with van der Waals surface area (Å²) in [6.45, 7) is 3.75. The zero-order valence-electron chi connectivity index (χ0n) is 7.62. The molecule has 2 aliphatic heterocycles. The van der Waals surface area contributed by atoms with Crippen LogP contribution in [-0.4, -0.2) is 39.0 Å². The smallest absolute Gasteiger partial charge is 0.144 e. The lowest BCUT2D eigenvalue weighted by Gasteiger charge is -2.17. The van der Waals surface area contributed by atoms with Crippen molar-refractivity contribution < 1.29 is 14.2 Å². The molecule has 0 aromatic rings. The monoisotopic (exact) mass is 185 g/mol. The summed E-state index contributed by atoms with van der Waals surface area (Å²) in [5, 5.41) is 3.35. The quantitative estimate of drug-likeness (QED) is 0.684. The second kappa shape index (κ2) is 4.48. The Labute approximate surface area is 77.8 Å². The summed E-state index contributed by atoms with van der Waals surface area (Å²) in [4.78, 5) is 0. The van der Waals surface area contributed by atoms with Crippen LogP contribution < -0.4 is 5.32 Å². The van der Waals surface area contributed by atoms with Crippen molar-refractivity contribution in [3.05, 3.63) is 12.0 Å². The lowest BCUT2D eigenvalue weighted by atomic mass is 10.2. The van der Waals surface area contributed by atoms with E-state index in [0.29, 0.717) is 19.3 Å². The number of rotatable bonds is 3. The Morgan fingerprint density at radius 3 is 3.08 bits per heavy atom. The van der Waals surface area contributed by atoms with E-state index >= 15 is 0 Å². The third-order valence-corrected chi connectivity index (χ3v) is 2.20. The van der Waals surface area contributed by atoms with Gasteiger partial charge in [-0.1, -0.05) is 0 Å². The topological polar surface area (TPSA) is 39.7 Å². The van der Waals surface area contributed by atoms with E-state index in [9.17, 15) is 0 Å². The largest absolute Gasteiger partial charge is 0.494 e. The van der Waals surface area contributed by atoms with Gasteiger partial charge in [0.2, 0.25) is 0 Å². The van der Waals surface area contributed by atoms with Gasteiger partial charge in [0.05, 0.1) is 13.2 Å². The highest BCUT2D eigenvalue weighted by molar-refractivity contribution is 4.93. The Morgan fingerprint density at radius 2 is 2.38 bits per heavy atom. The molecule has 2 aliphatic rings. The Kier molecular flexibility index (Phi) is 3.05. The Bertz CT molecular complexity index is 187. The summed E-state index contributed by atoms with van der Waals surface area (Å²) in [5.74, 6) is 0.887. The number of hydrogen-bond acceptors (Lipinski definition) is 4. The fourth-order valence-corrected chi connectivity index (χ4v) is 1.44. The predicted octanol–water partition coefficient (Wildman–Crippen LogP) is 0.253. The van der Waals surface area contributed by atoms with Crippen LogP contribution in [0, 0.1) is 0 Å². The van der Waals surface area contributed by atoms with Crippen molar-refractivity contribution in [1.82, 2.24) is 5.32 Å². The van der Waals surface area contributed by atoms with Gasteiger partial charge < -0.3 is 19.5 Å². The maximum atomic E-state index is 5.37. The fraction of sp³-hybridized carbons (Fsp3) is 0.778. The lowest BCUT2D eigenvalue weighted by molar-refractivity contribution is 0.0801. The number of ether oxygens (including phenoxy) is 3. The molecular formula is C9H15NO3. The second-order valence-corrected chi connectivity index (χ2v) is 3.24. The summed E-state index contributed by atoms with van der Waals surface area (Å²) in [5.41, 5.74) is 0. The minimum absolute atomic E-state index is 0.478. The highest BCUT2D eigenvalue weighted by atomic mass is 16.6. The van der Waals surface area contributed by atoms with Gasteiger partial charge in [0.25, 0.3) is 0 Å². The van der Waals surface area contributed by atoms with E-state index in [1.807, 2.05) is 0 Å². The van der Waals surface area contributed by atoms with Crippen molar-refractivity contribution in [2.45, 2.75) is 12.5 Å². The number of nitrogens with one attached hydrogen (secondary N) is 1. The van der Waals surface area contributed by atoms with Gasteiger partial charge in [-0.15, -0.1) is 0 Å². The van der Waals surface area contributed by atoms with Crippen LogP contribution in [0.2, 0.25) is 0 Å². The summed E-state index contributed by atoms with van der Waals surface area (Å²) >= 11 is 0. The van der Waals surface area contributed by atoms with Crippen molar-refractivity contribution in [3.8, 4) is 0 Å². The standard InChI is InChI=1S/C9H15NO3/c1-2-11-6-8(1)10-5-9-7-12-3-4-13-9/h7-8,10H,1-6H2. The van der Waals surface area contributed by atoms with E-state index in [2.05, 4.69) is 5.32 Å². The Hall–Kier alpha value is -0.740. The molecule has 1 saturated heterocycles. The van der Waals surface area contributed by atoms with Crippen molar-refractivity contribution in [3.63, 3.8) is 0 Å². The first kappa shape index (κ1) is 8.84. The second-order valence-electron chi connectivity index (χ2n) is 3.24. The highest BCUT2D eigenvalue weighted by Crippen LogP contribution is 2.06.